The van der Waals surface area contributed by atoms with Crippen LogP contribution < -0.4 is 10.6 Å². The van der Waals surface area contributed by atoms with Crippen molar-refractivity contribution in [1.82, 2.24) is 0 Å². The Labute approximate surface area is 145 Å². The van der Waals surface area contributed by atoms with Crippen LogP contribution in [0.1, 0.15) is 48.0 Å². The lowest BCUT2D eigenvalue weighted by atomic mass is 9.64. The second-order valence-electron chi connectivity index (χ2n) is 7.90. The van der Waals surface area contributed by atoms with Crippen LogP contribution in [0.2, 0.25) is 0 Å². The second kappa shape index (κ2) is 7.01. The predicted octanol–water partition coefficient (Wildman–Crippen LogP) is 4.65. The number of anilines is 2. The highest BCUT2D eigenvalue weighted by atomic mass is 16.6. The molecule has 2 N–H and O–H groups in total. The Balaban J connectivity index is 1.88. The summed E-state index contributed by atoms with van der Waals surface area (Å²) in [5.41, 5.74) is 1.37. The number of ether oxygens (including phenoxy) is 2. The van der Waals surface area contributed by atoms with Crippen molar-refractivity contribution in [3.63, 3.8) is 0 Å². The quantitative estimate of drug-likeness (QED) is 0.823. The van der Waals surface area contributed by atoms with Crippen molar-refractivity contribution in [2.24, 2.45) is 5.41 Å². The summed E-state index contributed by atoms with van der Waals surface area (Å²) in [6.07, 6.45) is 0.884. The minimum Gasteiger partial charge on any atom is -0.444 e. The Kier molecular flexibility index (Phi) is 5.43. The van der Waals surface area contributed by atoms with Crippen molar-refractivity contribution in [2.75, 3.05) is 17.2 Å². The zero-order valence-electron chi connectivity index (χ0n) is 15.6. The molecule has 2 atom stereocenters. The first kappa shape index (κ1) is 18.6. The second-order valence-corrected chi connectivity index (χ2v) is 7.90. The van der Waals surface area contributed by atoms with Crippen molar-refractivity contribution in [3.8, 4) is 0 Å². The molecule has 1 fully saturated rings. The topological polar surface area (TPSA) is 59.6 Å². The smallest absolute Gasteiger partial charge is 0.412 e. The first-order valence-corrected chi connectivity index (χ1v) is 8.60. The molecule has 1 amide bonds. The van der Waals surface area contributed by atoms with Gasteiger partial charge in [-0.15, -0.1) is 0 Å². The highest BCUT2D eigenvalue weighted by Crippen LogP contribution is 2.44. The van der Waals surface area contributed by atoms with Crippen LogP contribution in [0.4, 0.5) is 16.2 Å². The lowest BCUT2D eigenvalue weighted by Crippen LogP contribution is -2.58. The highest BCUT2D eigenvalue weighted by molar-refractivity contribution is 5.85. The highest BCUT2D eigenvalue weighted by Gasteiger charge is 2.48. The van der Waals surface area contributed by atoms with Crippen LogP contribution in [0.25, 0.3) is 0 Å². The van der Waals surface area contributed by atoms with E-state index in [2.05, 4.69) is 24.5 Å². The van der Waals surface area contributed by atoms with Gasteiger partial charge in [0.15, 0.2) is 0 Å². The van der Waals surface area contributed by atoms with E-state index in [0.29, 0.717) is 12.1 Å². The molecule has 134 valence electrons. The molecule has 24 heavy (non-hydrogen) atoms. The Morgan fingerprint density at radius 3 is 2.29 bits per heavy atom. The van der Waals surface area contributed by atoms with Gasteiger partial charge in [0.25, 0.3) is 0 Å². The molecule has 1 aromatic rings. The van der Waals surface area contributed by atoms with Crippen LogP contribution in [0.15, 0.2) is 24.3 Å². The average Bonchev–Trinajstić information content (AvgIpc) is 2.46. The summed E-state index contributed by atoms with van der Waals surface area (Å²) < 4.78 is 11.0. The van der Waals surface area contributed by atoms with Gasteiger partial charge in [-0.3, -0.25) is 5.32 Å². The van der Waals surface area contributed by atoms with Crippen molar-refractivity contribution in [2.45, 2.75) is 65.7 Å². The van der Waals surface area contributed by atoms with Gasteiger partial charge in [-0.05, 0) is 58.4 Å². The molecular formula is C19H30N2O3. The lowest BCUT2D eigenvalue weighted by molar-refractivity contribution is -0.0975. The molecule has 0 heterocycles. The number of hydrogen-bond donors (Lipinski definition) is 2. The summed E-state index contributed by atoms with van der Waals surface area (Å²) in [6, 6.07) is 8.07. The van der Waals surface area contributed by atoms with Crippen molar-refractivity contribution >= 4 is 17.5 Å². The van der Waals surface area contributed by atoms with Gasteiger partial charge in [-0.25, -0.2) is 4.79 Å². The molecule has 2 rings (SSSR count). The summed E-state index contributed by atoms with van der Waals surface area (Å²) in [6.45, 7) is 12.8. The third-order valence-electron chi connectivity index (χ3n) is 4.42. The number of nitrogens with one attached hydrogen (secondary N) is 2. The summed E-state index contributed by atoms with van der Waals surface area (Å²) in [4.78, 5) is 11.8. The zero-order valence-corrected chi connectivity index (χ0v) is 15.6. The number of amides is 1. The summed E-state index contributed by atoms with van der Waals surface area (Å²) in [7, 11) is 0. The van der Waals surface area contributed by atoms with E-state index in [4.69, 9.17) is 9.47 Å². The van der Waals surface area contributed by atoms with E-state index >= 15 is 0 Å². The van der Waals surface area contributed by atoms with E-state index in [1.807, 2.05) is 52.0 Å². The fourth-order valence-electron chi connectivity index (χ4n) is 2.89. The van der Waals surface area contributed by atoms with E-state index in [0.717, 1.165) is 24.4 Å². The van der Waals surface area contributed by atoms with Gasteiger partial charge in [0.1, 0.15) is 5.60 Å². The van der Waals surface area contributed by atoms with Crippen LogP contribution >= 0.6 is 0 Å². The molecular weight excluding hydrogens is 304 g/mol. The number of hydrogen-bond acceptors (Lipinski definition) is 4. The molecule has 0 radical (unpaired) electrons. The molecule has 1 aliphatic carbocycles. The Hall–Kier alpha value is -1.75. The summed E-state index contributed by atoms with van der Waals surface area (Å²) >= 11 is 0. The largest absolute Gasteiger partial charge is 0.444 e. The van der Waals surface area contributed by atoms with Crippen molar-refractivity contribution < 1.29 is 14.3 Å². The first-order chi connectivity index (χ1) is 11.1. The minimum absolute atomic E-state index is 0.115. The SMILES string of the molecule is CCOC1CC(Nc2ccc(NC(=O)OC(C)(C)C)cc2)C1(C)C. The predicted molar refractivity (Wildman–Crippen MR) is 97.5 cm³/mol. The van der Waals surface area contributed by atoms with Gasteiger partial charge in [0, 0.05) is 29.4 Å². The monoisotopic (exact) mass is 334 g/mol. The van der Waals surface area contributed by atoms with Crippen LogP contribution in [-0.4, -0.2) is 30.4 Å². The van der Waals surface area contributed by atoms with Gasteiger partial charge in [0.05, 0.1) is 6.10 Å². The van der Waals surface area contributed by atoms with E-state index in [1.54, 1.807) is 0 Å². The zero-order chi connectivity index (χ0) is 18.0. The molecule has 1 saturated carbocycles. The standard InChI is InChI=1S/C19H30N2O3/c1-7-23-16-12-15(19(16,5)6)20-13-8-10-14(11-9-13)21-17(22)24-18(2,3)4/h8-11,15-16,20H,7,12H2,1-6H3,(H,21,22). The molecule has 1 aromatic carbocycles. The molecule has 0 spiro atoms. The first-order valence-electron chi connectivity index (χ1n) is 8.60. The van der Waals surface area contributed by atoms with Gasteiger partial charge in [-0.2, -0.15) is 0 Å². The van der Waals surface area contributed by atoms with Gasteiger partial charge in [0.2, 0.25) is 0 Å². The van der Waals surface area contributed by atoms with Crippen LogP contribution in [-0.2, 0) is 9.47 Å². The van der Waals surface area contributed by atoms with E-state index in [-0.39, 0.29) is 5.41 Å². The lowest BCUT2D eigenvalue weighted by Gasteiger charge is -2.52. The van der Waals surface area contributed by atoms with Crippen LogP contribution in [0, 0.1) is 5.41 Å². The molecule has 0 saturated heterocycles. The minimum atomic E-state index is -0.502. The summed E-state index contributed by atoms with van der Waals surface area (Å²) in [5.74, 6) is 0. The maximum absolute atomic E-state index is 11.8. The normalized spacial score (nSPS) is 22.4. The number of carbonyl (C=O) groups is 1. The van der Waals surface area contributed by atoms with E-state index < -0.39 is 11.7 Å². The van der Waals surface area contributed by atoms with Crippen LogP contribution in [0.3, 0.4) is 0 Å². The average molecular weight is 334 g/mol. The van der Waals surface area contributed by atoms with Gasteiger partial charge >= 0.3 is 6.09 Å². The van der Waals surface area contributed by atoms with Crippen LogP contribution in [0.5, 0.6) is 0 Å². The van der Waals surface area contributed by atoms with Gasteiger partial charge < -0.3 is 14.8 Å². The van der Waals surface area contributed by atoms with E-state index in [9.17, 15) is 4.79 Å². The van der Waals surface area contributed by atoms with Crippen molar-refractivity contribution in [3.05, 3.63) is 24.3 Å². The summed E-state index contributed by atoms with van der Waals surface area (Å²) in [5, 5.41) is 6.29. The Morgan fingerprint density at radius 2 is 1.79 bits per heavy atom. The fraction of sp³-hybridized carbons (Fsp3) is 0.632. The number of carbonyl (C=O) groups excluding carboxylic acids is 1. The third-order valence-corrected chi connectivity index (χ3v) is 4.42. The number of rotatable bonds is 5. The van der Waals surface area contributed by atoms with Crippen molar-refractivity contribution in [1.29, 1.82) is 0 Å². The fourth-order valence-corrected chi connectivity index (χ4v) is 2.89. The molecule has 5 heteroatoms. The Bertz CT molecular complexity index is 561. The molecule has 0 aromatic heterocycles. The molecule has 1 aliphatic rings. The molecule has 0 bridgehead atoms. The van der Waals surface area contributed by atoms with E-state index in [1.165, 1.54) is 0 Å². The molecule has 0 aliphatic heterocycles. The Morgan fingerprint density at radius 1 is 1.21 bits per heavy atom. The maximum atomic E-state index is 11.8. The number of benzene rings is 1. The maximum Gasteiger partial charge on any atom is 0.412 e. The third kappa shape index (κ3) is 4.63. The molecule has 5 nitrogen and oxygen atoms in total. The van der Waals surface area contributed by atoms with Gasteiger partial charge in [-0.1, -0.05) is 13.8 Å². The molecule has 2 unspecified atom stereocenters.